The van der Waals surface area contributed by atoms with Gasteiger partial charge in [0.15, 0.2) is 0 Å². The van der Waals surface area contributed by atoms with E-state index in [1.54, 1.807) is 0 Å². The largest absolute Gasteiger partial charge is 0.270 e. The van der Waals surface area contributed by atoms with Crippen molar-refractivity contribution >= 4 is 27.7 Å². The Morgan fingerprint density at radius 1 is 1.64 bits per heavy atom. The van der Waals surface area contributed by atoms with Crippen molar-refractivity contribution in [3.8, 4) is 0 Å². The normalized spacial score (nSPS) is 16.5. The fourth-order valence-corrected chi connectivity index (χ4v) is 3.05. The molecule has 0 bridgehead atoms. The summed E-state index contributed by atoms with van der Waals surface area (Å²) >= 11 is 5.45. The van der Waals surface area contributed by atoms with Gasteiger partial charge in [0.05, 0.1) is 5.69 Å². The molecule has 1 aliphatic heterocycles. The first-order valence-corrected chi connectivity index (χ1v) is 5.52. The van der Waals surface area contributed by atoms with Gasteiger partial charge >= 0.3 is 0 Å². The second-order valence-corrected chi connectivity index (χ2v) is 4.50. The van der Waals surface area contributed by atoms with E-state index >= 15 is 0 Å². The van der Waals surface area contributed by atoms with Crippen molar-refractivity contribution in [2.45, 2.75) is 12.2 Å². The lowest BCUT2D eigenvalue weighted by atomic mass is 10.2. The molecule has 2 nitrogen and oxygen atoms in total. The zero-order chi connectivity index (χ0) is 7.84. The zero-order valence-corrected chi connectivity index (χ0v) is 8.70. The van der Waals surface area contributed by atoms with E-state index in [2.05, 4.69) is 21.0 Å². The Balaban J connectivity index is 2.52. The van der Waals surface area contributed by atoms with Crippen molar-refractivity contribution in [2.75, 3.05) is 5.75 Å². The van der Waals surface area contributed by atoms with Gasteiger partial charge < -0.3 is 0 Å². The summed E-state index contributed by atoms with van der Waals surface area (Å²) in [4.78, 5) is 0. The molecule has 0 aromatic carbocycles. The van der Waals surface area contributed by atoms with Gasteiger partial charge in [0.25, 0.3) is 0 Å². The molecule has 0 amide bonds. The van der Waals surface area contributed by atoms with Gasteiger partial charge in [-0.1, -0.05) is 0 Å². The van der Waals surface area contributed by atoms with Crippen molar-refractivity contribution < 1.29 is 0 Å². The standard InChI is InChI=1S/C7H9BrN2S/c1-10-6-4-11-3-2-5(6)7(8)9-10/h2-4H2,1H3. The van der Waals surface area contributed by atoms with Crippen LogP contribution in [-0.2, 0) is 19.2 Å². The van der Waals surface area contributed by atoms with E-state index in [0.29, 0.717) is 0 Å². The quantitative estimate of drug-likeness (QED) is 0.681. The Morgan fingerprint density at radius 2 is 2.45 bits per heavy atom. The summed E-state index contributed by atoms with van der Waals surface area (Å²) in [6, 6.07) is 0. The average Bonchev–Trinajstić information content (AvgIpc) is 2.30. The minimum Gasteiger partial charge on any atom is -0.270 e. The van der Waals surface area contributed by atoms with Crippen LogP contribution in [0.1, 0.15) is 11.3 Å². The molecular weight excluding hydrogens is 224 g/mol. The van der Waals surface area contributed by atoms with Gasteiger partial charge in [-0.3, -0.25) is 4.68 Å². The fourth-order valence-electron chi connectivity index (χ4n) is 1.34. The third kappa shape index (κ3) is 1.22. The van der Waals surface area contributed by atoms with Crippen LogP contribution in [0.2, 0.25) is 0 Å². The monoisotopic (exact) mass is 232 g/mol. The number of rotatable bonds is 0. The molecule has 0 saturated heterocycles. The summed E-state index contributed by atoms with van der Waals surface area (Å²) in [6.45, 7) is 0. The van der Waals surface area contributed by atoms with Crippen molar-refractivity contribution in [1.29, 1.82) is 0 Å². The number of aryl methyl sites for hydroxylation is 1. The summed E-state index contributed by atoms with van der Waals surface area (Å²) in [6.07, 6.45) is 1.16. The molecule has 0 radical (unpaired) electrons. The van der Waals surface area contributed by atoms with E-state index in [0.717, 1.165) is 16.8 Å². The average molecular weight is 233 g/mol. The van der Waals surface area contributed by atoms with Crippen molar-refractivity contribution in [1.82, 2.24) is 9.78 Å². The molecular formula is C7H9BrN2S. The first-order valence-electron chi connectivity index (χ1n) is 3.57. The van der Waals surface area contributed by atoms with E-state index < -0.39 is 0 Å². The highest BCUT2D eigenvalue weighted by Gasteiger charge is 2.17. The van der Waals surface area contributed by atoms with Crippen LogP contribution in [0.15, 0.2) is 4.60 Å². The molecule has 0 N–H and O–H groups in total. The van der Waals surface area contributed by atoms with Crippen LogP contribution < -0.4 is 0 Å². The maximum Gasteiger partial charge on any atom is 0.131 e. The lowest BCUT2D eigenvalue weighted by Crippen LogP contribution is -2.04. The summed E-state index contributed by atoms with van der Waals surface area (Å²) < 4.78 is 3.02. The van der Waals surface area contributed by atoms with Gasteiger partial charge in [-0.25, -0.2) is 0 Å². The number of thioether (sulfide) groups is 1. The molecule has 0 saturated carbocycles. The van der Waals surface area contributed by atoms with Gasteiger partial charge in [0, 0.05) is 18.4 Å². The van der Waals surface area contributed by atoms with Crippen LogP contribution in [0.3, 0.4) is 0 Å². The SMILES string of the molecule is Cn1nc(Br)c2c1CSCC2. The molecule has 1 aliphatic rings. The van der Waals surface area contributed by atoms with Crippen molar-refractivity contribution in [3.63, 3.8) is 0 Å². The van der Waals surface area contributed by atoms with E-state index in [1.165, 1.54) is 17.0 Å². The van der Waals surface area contributed by atoms with Crippen LogP contribution in [0.25, 0.3) is 0 Å². The second kappa shape index (κ2) is 2.83. The summed E-state index contributed by atoms with van der Waals surface area (Å²) in [5.74, 6) is 2.35. The second-order valence-electron chi connectivity index (χ2n) is 2.64. The first-order chi connectivity index (χ1) is 5.29. The molecule has 11 heavy (non-hydrogen) atoms. The number of hydrogen-bond acceptors (Lipinski definition) is 2. The molecule has 0 atom stereocenters. The first kappa shape index (κ1) is 7.68. The topological polar surface area (TPSA) is 17.8 Å². The number of nitrogens with zero attached hydrogens (tertiary/aromatic N) is 2. The molecule has 2 rings (SSSR count). The Bertz CT molecular complexity index is 256. The molecule has 0 spiro atoms. The lowest BCUT2D eigenvalue weighted by molar-refractivity contribution is 0.727. The predicted molar refractivity (Wildman–Crippen MR) is 50.8 cm³/mol. The number of hydrogen-bond donors (Lipinski definition) is 0. The Kier molecular flexibility index (Phi) is 1.97. The highest BCUT2D eigenvalue weighted by Crippen LogP contribution is 2.28. The summed E-state index contributed by atoms with van der Waals surface area (Å²) in [7, 11) is 2.01. The molecule has 1 aromatic rings. The molecule has 1 aromatic heterocycles. The highest BCUT2D eigenvalue weighted by molar-refractivity contribution is 9.10. The highest BCUT2D eigenvalue weighted by atomic mass is 79.9. The number of halogens is 1. The molecule has 0 unspecified atom stereocenters. The zero-order valence-electron chi connectivity index (χ0n) is 6.30. The van der Waals surface area contributed by atoms with Gasteiger partial charge in [0.1, 0.15) is 4.60 Å². The minimum atomic E-state index is 1.04. The van der Waals surface area contributed by atoms with Crippen LogP contribution in [0, 0.1) is 0 Å². The molecule has 0 fully saturated rings. The van der Waals surface area contributed by atoms with Crippen LogP contribution in [-0.4, -0.2) is 15.5 Å². The molecule has 4 heteroatoms. The smallest absolute Gasteiger partial charge is 0.131 e. The maximum absolute atomic E-state index is 4.31. The van der Waals surface area contributed by atoms with Gasteiger partial charge in [-0.15, -0.1) is 0 Å². The Hall–Kier alpha value is 0.0400. The van der Waals surface area contributed by atoms with Crippen LogP contribution >= 0.6 is 27.7 Å². The third-order valence-corrected chi connectivity index (χ3v) is 3.57. The Morgan fingerprint density at radius 3 is 3.18 bits per heavy atom. The van der Waals surface area contributed by atoms with E-state index in [4.69, 9.17) is 0 Å². The fraction of sp³-hybridized carbons (Fsp3) is 0.571. The summed E-state index contributed by atoms with van der Waals surface area (Å²) in [5, 5.41) is 4.31. The predicted octanol–water partition coefficient (Wildman–Crippen LogP) is 1.97. The maximum atomic E-state index is 4.31. The van der Waals surface area contributed by atoms with Crippen molar-refractivity contribution in [2.24, 2.45) is 7.05 Å². The van der Waals surface area contributed by atoms with E-state index in [1.807, 2.05) is 23.5 Å². The summed E-state index contributed by atoms with van der Waals surface area (Å²) in [5.41, 5.74) is 2.79. The Labute approximate surface area is 78.5 Å². The minimum absolute atomic E-state index is 1.04. The van der Waals surface area contributed by atoms with Gasteiger partial charge in [-0.2, -0.15) is 16.9 Å². The van der Waals surface area contributed by atoms with Crippen LogP contribution in [0.4, 0.5) is 0 Å². The number of fused-ring (bicyclic) bond motifs is 1. The van der Waals surface area contributed by atoms with E-state index in [-0.39, 0.29) is 0 Å². The van der Waals surface area contributed by atoms with E-state index in [9.17, 15) is 0 Å². The van der Waals surface area contributed by atoms with Gasteiger partial charge in [-0.05, 0) is 28.1 Å². The van der Waals surface area contributed by atoms with Crippen LogP contribution in [0.5, 0.6) is 0 Å². The van der Waals surface area contributed by atoms with Crippen molar-refractivity contribution in [3.05, 3.63) is 15.9 Å². The molecule has 2 heterocycles. The molecule has 60 valence electrons. The number of aromatic nitrogens is 2. The lowest BCUT2D eigenvalue weighted by Gasteiger charge is -2.10. The molecule has 0 aliphatic carbocycles. The van der Waals surface area contributed by atoms with Gasteiger partial charge in [0.2, 0.25) is 0 Å². The third-order valence-electron chi connectivity index (χ3n) is 1.96.